The molecule has 33 heavy (non-hydrogen) atoms. The van der Waals surface area contributed by atoms with Gasteiger partial charge in [0.05, 0.1) is 17.9 Å². The number of halogens is 3. The van der Waals surface area contributed by atoms with E-state index in [2.05, 4.69) is 21.0 Å². The Bertz CT molecular complexity index is 1340. The lowest BCUT2D eigenvalue weighted by Gasteiger charge is -2.18. The summed E-state index contributed by atoms with van der Waals surface area (Å²) < 4.78 is 66.6. The molecule has 1 aliphatic rings. The second kappa shape index (κ2) is 8.39. The standard InChI is InChI=1S/C21H21F3N6O2S/c1-12-7-17-18(26-9-12)16(8-25)19(30(17)14-5-3-4-6-14)20-27-10-15(11-28-20)33(31,32)29-13(2)21(22,23)24/h7,9-11,13-14,29H,3-6H2,1-2H3. The number of nitrogens with one attached hydrogen (secondary N) is 1. The van der Waals surface area contributed by atoms with E-state index in [-0.39, 0.29) is 17.4 Å². The number of nitriles is 1. The highest BCUT2D eigenvalue weighted by molar-refractivity contribution is 7.89. The van der Waals surface area contributed by atoms with E-state index in [1.54, 1.807) is 10.9 Å². The summed E-state index contributed by atoms with van der Waals surface area (Å²) >= 11 is 0. The summed E-state index contributed by atoms with van der Waals surface area (Å²) in [5, 5.41) is 9.89. The minimum atomic E-state index is -4.73. The molecule has 12 heteroatoms. The van der Waals surface area contributed by atoms with Crippen LogP contribution in [0.4, 0.5) is 13.2 Å². The number of aryl methyl sites for hydroxylation is 1. The molecule has 174 valence electrons. The Morgan fingerprint density at radius 2 is 1.82 bits per heavy atom. The van der Waals surface area contributed by atoms with Gasteiger partial charge in [-0.1, -0.05) is 12.8 Å². The first-order valence-electron chi connectivity index (χ1n) is 10.3. The van der Waals surface area contributed by atoms with Gasteiger partial charge >= 0.3 is 6.18 Å². The monoisotopic (exact) mass is 478 g/mol. The molecule has 1 N–H and O–H groups in total. The molecule has 3 aromatic heterocycles. The highest BCUT2D eigenvalue weighted by Gasteiger charge is 2.39. The SMILES string of the molecule is Cc1cnc2c(C#N)c(-c3ncc(S(=O)(=O)NC(C)C(F)(F)F)cn3)n(C3CCCC3)c2c1. The zero-order chi connectivity index (χ0) is 24.0. The topological polar surface area (TPSA) is 114 Å². The maximum Gasteiger partial charge on any atom is 0.404 e. The molecule has 0 aromatic carbocycles. The molecule has 4 rings (SSSR count). The van der Waals surface area contributed by atoms with Crippen LogP contribution in [0.5, 0.6) is 0 Å². The van der Waals surface area contributed by atoms with Crippen molar-refractivity contribution in [3.8, 4) is 17.6 Å². The van der Waals surface area contributed by atoms with Crippen LogP contribution in [0.2, 0.25) is 0 Å². The Kier molecular flexibility index (Phi) is 5.88. The van der Waals surface area contributed by atoms with Crippen LogP contribution < -0.4 is 4.72 Å². The Morgan fingerprint density at radius 3 is 2.39 bits per heavy atom. The van der Waals surface area contributed by atoms with Crippen molar-refractivity contribution in [2.24, 2.45) is 0 Å². The molecule has 3 aromatic rings. The van der Waals surface area contributed by atoms with E-state index >= 15 is 0 Å². The Labute approximate surface area is 188 Å². The van der Waals surface area contributed by atoms with E-state index in [0.29, 0.717) is 18.1 Å². The van der Waals surface area contributed by atoms with Crippen LogP contribution in [0, 0.1) is 18.3 Å². The van der Waals surface area contributed by atoms with Crippen LogP contribution in [0.15, 0.2) is 29.6 Å². The predicted octanol–water partition coefficient (Wildman–Crippen LogP) is 4.02. The number of pyridine rings is 1. The van der Waals surface area contributed by atoms with Crippen LogP contribution in [0.1, 0.15) is 49.8 Å². The van der Waals surface area contributed by atoms with Gasteiger partial charge < -0.3 is 4.57 Å². The van der Waals surface area contributed by atoms with Gasteiger partial charge in [0.25, 0.3) is 0 Å². The largest absolute Gasteiger partial charge is 0.404 e. The molecule has 0 spiro atoms. The smallest absolute Gasteiger partial charge is 0.332 e. The first-order valence-corrected chi connectivity index (χ1v) is 11.8. The number of hydrogen-bond donors (Lipinski definition) is 1. The molecule has 0 radical (unpaired) electrons. The second-order valence-electron chi connectivity index (χ2n) is 8.15. The van der Waals surface area contributed by atoms with Gasteiger partial charge in [0.2, 0.25) is 10.0 Å². The van der Waals surface area contributed by atoms with Crippen molar-refractivity contribution in [1.29, 1.82) is 5.26 Å². The normalized spacial score (nSPS) is 16.2. The Morgan fingerprint density at radius 1 is 1.18 bits per heavy atom. The second-order valence-corrected chi connectivity index (χ2v) is 9.87. The number of hydrogen-bond acceptors (Lipinski definition) is 6. The third-order valence-corrected chi connectivity index (χ3v) is 7.25. The van der Waals surface area contributed by atoms with E-state index in [1.807, 2.05) is 17.6 Å². The molecule has 0 saturated heterocycles. The third kappa shape index (κ3) is 4.30. The maximum absolute atomic E-state index is 12.8. The van der Waals surface area contributed by atoms with E-state index in [9.17, 15) is 26.9 Å². The van der Waals surface area contributed by atoms with Crippen LogP contribution >= 0.6 is 0 Å². The van der Waals surface area contributed by atoms with E-state index in [0.717, 1.165) is 49.2 Å². The summed E-state index contributed by atoms with van der Waals surface area (Å²) in [6.45, 7) is 2.61. The van der Waals surface area contributed by atoms with Gasteiger partial charge in [0.1, 0.15) is 33.8 Å². The summed E-state index contributed by atoms with van der Waals surface area (Å²) in [4.78, 5) is 12.2. The highest BCUT2D eigenvalue weighted by Crippen LogP contribution is 2.40. The van der Waals surface area contributed by atoms with Crippen molar-refractivity contribution in [3.63, 3.8) is 0 Å². The van der Waals surface area contributed by atoms with E-state index in [4.69, 9.17) is 0 Å². The van der Waals surface area contributed by atoms with Crippen LogP contribution in [0.3, 0.4) is 0 Å². The molecule has 1 aliphatic carbocycles. The molecule has 1 saturated carbocycles. The molecule has 0 amide bonds. The number of nitrogens with zero attached hydrogens (tertiary/aromatic N) is 5. The lowest BCUT2D eigenvalue weighted by atomic mass is 10.2. The first kappa shape index (κ1) is 23.1. The molecule has 0 bridgehead atoms. The molecule has 1 unspecified atom stereocenters. The van der Waals surface area contributed by atoms with Crippen molar-refractivity contribution in [2.75, 3.05) is 0 Å². The fraction of sp³-hybridized carbons (Fsp3) is 0.429. The number of alkyl halides is 3. The fourth-order valence-corrected chi connectivity index (χ4v) is 5.21. The van der Waals surface area contributed by atoms with Gasteiger partial charge in [-0.15, -0.1) is 0 Å². The fourth-order valence-electron chi connectivity index (χ4n) is 4.10. The number of fused-ring (bicyclic) bond motifs is 1. The van der Waals surface area contributed by atoms with Crippen LogP contribution in [0.25, 0.3) is 22.6 Å². The molecule has 1 atom stereocenters. The number of aromatic nitrogens is 4. The lowest BCUT2D eigenvalue weighted by molar-refractivity contribution is -0.147. The molecular formula is C21H21F3N6O2S. The van der Waals surface area contributed by atoms with Crippen LogP contribution in [-0.4, -0.2) is 40.2 Å². The van der Waals surface area contributed by atoms with Gasteiger partial charge in [-0.3, -0.25) is 4.98 Å². The van der Waals surface area contributed by atoms with Crippen molar-refractivity contribution in [3.05, 3.63) is 35.8 Å². The van der Waals surface area contributed by atoms with Gasteiger partial charge in [-0.2, -0.15) is 23.2 Å². The summed E-state index contributed by atoms with van der Waals surface area (Å²) in [7, 11) is -4.49. The Balaban J connectivity index is 1.81. The van der Waals surface area contributed by atoms with Crippen LogP contribution in [-0.2, 0) is 10.0 Å². The summed E-state index contributed by atoms with van der Waals surface area (Å²) in [5.74, 6) is 0.108. The quantitative estimate of drug-likeness (QED) is 0.593. The summed E-state index contributed by atoms with van der Waals surface area (Å²) in [6.07, 6.45) is 2.70. The predicted molar refractivity (Wildman–Crippen MR) is 114 cm³/mol. The zero-order valence-electron chi connectivity index (χ0n) is 17.9. The number of sulfonamides is 1. The lowest BCUT2D eigenvalue weighted by Crippen LogP contribution is -2.43. The zero-order valence-corrected chi connectivity index (χ0v) is 18.7. The van der Waals surface area contributed by atoms with E-state index in [1.165, 1.54) is 0 Å². The molecule has 1 fully saturated rings. The molecular weight excluding hydrogens is 457 g/mol. The third-order valence-electron chi connectivity index (χ3n) is 5.75. The molecule has 8 nitrogen and oxygen atoms in total. The summed E-state index contributed by atoms with van der Waals surface area (Å²) in [6, 6.07) is 1.94. The average Bonchev–Trinajstić information content (AvgIpc) is 3.38. The van der Waals surface area contributed by atoms with Crippen molar-refractivity contribution in [1.82, 2.24) is 24.2 Å². The van der Waals surface area contributed by atoms with Crippen molar-refractivity contribution < 1.29 is 21.6 Å². The summed E-state index contributed by atoms with van der Waals surface area (Å²) in [5.41, 5.74) is 2.90. The first-order chi connectivity index (χ1) is 15.5. The van der Waals surface area contributed by atoms with E-state index < -0.39 is 27.1 Å². The van der Waals surface area contributed by atoms with Gasteiger partial charge in [0.15, 0.2) is 5.82 Å². The maximum atomic E-state index is 12.8. The Hall–Kier alpha value is -3.04. The van der Waals surface area contributed by atoms with Gasteiger partial charge in [0, 0.05) is 12.2 Å². The van der Waals surface area contributed by atoms with Crippen molar-refractivity contribution >= 4 is 21.1 Å². The minimum absolute atomic E-state index is 0.106. The van der Waals surface area contributed by atoms with Gasteiger partial charge in [-0.05, 0) is 38.3 Å². The minimum Gasteiger partial charge on any atom is -0.332 e. The highest BCUT2D eigenvalue weighted by atomic mass is 32.2. The van der Waals surface area contributed by atoms with Gasteiger partial charge in [-0.25, -0.2) is 18.4 Å². The average molecular weight is 479 g/mol. The molecule has 0 aliphatic heterocycles. The van der Waals surface area contributed by atoms with Crippen molar-refractivity contribution in [2.45, 2.75) is 62.7 Å². The molecule has 3 heterocycles. The number of rotatable bonds is 5.